The van der Waals surface area contributed by atoms with Crippen LogP contribution in [0.15, 0.2) is 78.9 Å². The molecule has 3 aromatic carbocycles. The quantitative estimate of drug-likeness (QED) is 0.560. The van der Waals surface area contributed by atoms with Gasteiger partial charge in [0.1, 0.15) is 6.04 Å². The number of likely N-dealkylation sites (N-methyl/N-ethyl adjacent to an activating group) is 1. The Balaban J connectivity index is 1.81. The summed E-state index contributed by atoms with van der Waals surface area (Å²) in [6, 6.07) is 23.4. The molecule has 1 N–H and O–H groups in total. The minimum absolute atomic E-state index is 0.192. The maximum absolute atomic E-state index is 13.4. The molecule has 6 nitrogen and oxygen atoms in total. The molecule has 3 rings (SSSR count). The maximum atomic E-state index is 13.4. The van der Waals surface area contributed by atoms with Crippen LogP contribution < -0.4 is 14.8 Å². The van der Waals surface area contributed by atoms with Crippen LogP contribution in [0.5, 0.6) is 11.5 Å². The highest BCUT2D eigenvalue weighted by atomic mass is 16.5. The summed E-state index contributed by atoms with van der Waals surface area (Å²) in [7, 11) is 4.86. The Labute approximate surface area is 188 Å². The SMILES string of the molecule is COc1cccc(CN(C)C(=O)[C@H](Cc2ccccc2)NC(=O)c2ccccc2)c1OC. The highest BCUT2D eigenvalue weighted by Gasteiger charge is 2.26. The van der Waals surface area contributed by atoms with Crippen LogP contribution in [0.25, 0.3) is 0 Å². The first-order chi connectivity index (χ1) is 15.5. The van der Waals surface area contributed by atoms with Crippen molar-refractivity contribution in [2.24, 2.45) is 0 Å². The van der Waals surface area contributed by atoms with Crippen molar-refractivity contribution in [3.05, 3.63) is 95.6 Å². The smallest absolute Gasteiger partial charge is 0.251 e. The van der Waals surface area contributed by atoms with E-state index in [-0.39, 0.29) is 11.8 Å². The molecular weight excluding hydrogens is 404 g/mol. The molecule has 0 aliphatic heterocycles. The fraction of sp³-hybridized carbons (Fsp3) is 0.231. The summed E-state index contributed by atoms with van der Waals surface area (Å²) in [5, 5.41) is 2.91. The zero-order valence-electron chi connectivity index (χ0n) is 18.6. The molecule has 0 unspecified atom stereocenters. The van der Waals surface area contributed by atoms with Crippen molar-refractivity contribution in [2.45, 2.75) is 19.0 Å². The molecule has 0 aliphatic carbocycles. The van der Waals surface area contributed by atoms with E-state index in [1.54, 1.807) is 50.4 Å². The first-order valence-corrected chi connectivity index (χ1v) is 10.4. The van der Waals surface area contributed by atoms with Crippen molar-refractivity contribution >= 4 is 11.8 Å². The molecule has 0 radical (unpaired) electrons. The highest BCUT2D eigenvalue weighted by Crippen LogP contribution is 2.31. The molecule has 0 saturated heterocycles. The Morgan fingerprint density at radius 3 is 2.16 bits per heavy atom. The van der Waals surface area contributed by atoms with Gasteiger partial charge >= 0.3 is 0 Å². The van der Waals surface area contributed by atoms with Crippen LogP contribution in [0.4, 0.5) is 0 Å². The summed E-state index contributed by atoms with van der Waals surface area (Å²) < 4.78 is 10.9. The van der Waals surface area contributed by atoms with Gasteiger partial charge < -0.3 is 19.7 Å². The van der Waals surface area contributed by atoms with Crippen molar-refractivity contribution in [3.8, 4) is 11.5 Å². The average Bonchev–Trinajstić information content (AvgIpc) is 2.84. The van der Waals surface area contributed by atoms with Gasteiger partial charge in [0.15, 0.2) is 11.5 Å². The fourth-order valence-corrected chi connectivity index (χ4v) is 3.56. The molecule has 2 amide bonds. The largest absolute Gasteiger partial charge is 0.493 e. The number of carbonyl (C=O) groups is 2. The molecule has 0 heterocycles. The summed E-state index contributed by atoms with van der Waals surface area (Å²) in [5.74, 6) is 0.710. The van der Waals surface area contributed by atoms with Crippen LogP contribution in [0.3, 0.4) is 0 Å². The summed E-state index contributed by atoms with van der Waals surface area (Å²) in [5.41, 5.74) is 2.29. The van der Waals surface area contributed by atoms with Crippen molar-refractivity contribution in [1.82, 2.24) is 10.2 Å². The van der Waals surface area contributed by atoms with E-state index in [1.165, 1.54) is 0 Å². The number of rotatable bonds is 9. The van der Waals surface area contributed by atoms with Crippen LogP contribution in [0, 0.1) is 0 Å². The predicted molar refractivity (Wildman–Crippen MR) is 124 cm³/mol. The van der Waals surface area contributed by atoms with Gasteiger partial charge in [-0.2, -0.15) is 0 Å². The van der Waals surface area contributed by atoms with E-state index in [0.29, 0.717) is 30.0 Å². The molecule has 1 atom stereocenters. The number of hydrogen-bond acceptors (Lipinski definition) is 4. The molecule has 0 spiro atoms. The molecule has 0 fully saturated rings. The average molecular weight is 433 g/mol. The third-order valence-electron chi connectivity index (χ3n) is 5.19. The standard InChI is InChI=1S/C26H28N2O4/c1-28(18-21-15-10-16-23(31-2)24(21)32-3)26(30)22(17-19-11-6-4-7-12-19)27-25(29)20-13-8-5-9-14-20/h4-16,22H,17-18H2,1-3H3,(H,27,29)/t22-/m0/s1. The number of hydrogen-bond donors (Lipinski definition) is 1. The summed E-state index contributed by atoms with van der Waals surface area (Å²) in [6.07, 6.45) is 0.387. The van der Waals surface area contributed by atoms with E-state index in [2.05, 4.69) is 5.32 Å². The lowest BCUT2D eigenvalue weighted by Crippen LogP contribution is -2.48. The Morgan fingerprint density at radius 1 is 0.875 bits per heavy atom. The predicted octanol–water partition coefficient (Wildman–Crippen LogP) is 3.70. The molecule has 3 aromatic rings. The van der Waals surface area contributed by atoms with Crippen molar-refractivity contribution in [1.29, 1.82) is 0 Å². The molecule has 32 heavy (non-hydrogen) atoms. The van der Waals surface area contributed by atoms with Gasteiger partial charge in [0, 0.05) is 31.1 Å². The van der Waals surface area contributed by atoms with Gasteiger partial charge in [0.2, 0.25) is 5.91 Å². The molecule has 0 bridgehead atoms. The zero-order chi connectivity index (χ0) is 22.9. The molecule has 166 valence electrons. The second-order valence-corrected chi connectivity index (χ2v) is 7.43. The van der Waals surface area contributed by atoms with E-state index >= 15 is 0 Å². The van der Waals surface area contributed by atoms with Crippen LogP contribution in [-0.2, 0) is 17.8 Å². The van der Waals surface area contributed by atoms with E-state index < -0.39 is 6.04 Å². The number of para-hydroxylation sites is 1. The Hall–Kier alpha value is -3.80. The van der Waals surface area contributed by atoms with Crippen molar-refractivity contribution in [3.63, 3.8) is 0 Å². The Morgan fingerprint density at radius 2 is 1.53 bits per heavy atom. The third kappa shape index (κ3) is 5.66. The van der Waals surface area contributed by atoms with Crippen molar-refractivity contribution in [2.75, 3.05) is 21.3 Å². The normalized spacial score (nSPS) is 11.3. The summed E-state index contributed by atoms with van der Waals surface area (Å²) in [4.78, 5) is 27.8. The second kappa shape index (κ2) is 11.0. The minimum atomic E-state index is -0.716. The molecule has 6 heteroatoms. The Kier molecular flexibility index (Phi) is 7.86. The van der Waals surface area contributed by atoms with E-state index in [1.807, 2.05) is 54.6 Å². The molecule has 0 saturated carbocycles. The number of methoxy groups -OCH3 is 2. The van der Waals surface area contributed by atoms with Gasteiger partial charge in [-0.25, -0.2) is 0 Å². The molecular formula is C26H28N2O4. The van der Waals surface area contributed by atoms with Gasteiger partial charge in [-0.3, -0.25) is 9.59 Å². The van der Waals surface area contributed by atoms with E-state index in [0.717, 1.165) is 11.1 Å². The first-order valence-electron chi connectivity index (χ1n) is 10.4. The van der Waals surface area contributed by atoms with Gasteiger partial charge in [-0.05, 0) is 23.8 Å². The van der Waals surface area contributed by atoms with Gasteiger partial charge in [-0.15, -0.1) is 0 Å². The maximum Gasteiger partial charge on any atom is 0.251 e. The van der Waals surface area contributed by atoms with Crippen LogP contribution in [0.1, 0.15) is 21.5 Å². The molecule has 0 aliphatic rings. The van der Waals surface area contributed by atoms with Gasteiger partial charge in [-0.1, -0.05) is 60.7 Å². The van der Waals surface area contributed by atoms with Gasteiger partial charge in [0.25, 0.3) is 5.91 Å². The lowest BCUT2D eigenvalue weighted by molar-refractivity contribution is -0.132. The van der Waals surface area contributed by atoms with Crippen molar-refractivity contribution < 1.29 is 19.1 Å². The third-order valence-corrected chi connectivity index (χ3v) is 5.19. The number of ether oxygens (including phenoxy) is 2. The number of nitrogens with one attached hydrogen (secondary N) is 1. The zero-order valence-corrected chi connectivity index (χ0v) is 18.6. The van der Waals surface area contributed by atoms with Crippen LogP contribution in [-0.4, -0.2) is 44.0 Å². The Bertz CT molecular complexity index is 1040. The minimum Gasteiger partial charge on any atom is -0.493 e. The molecule has 0 aromatic heterocycles. The van der Waals surface area contributed by atoms with Gasteiger partial charge in [0.05, 0.1) is 14.2 Å². The monoisotopic (exact) mass is 432 g/mol. The number of benzene rings is 3. The summed E-state index contributed by atoms with van der Waals surface area (Å²) >= 11 is 0. The van der Waals surface area contributed by atoms with Crippen LogP contribution >= 0.6 is 0 Å². The highest BCUT2D eigenvalue weighted by molar-refractivity contribution is 5.97. The van der Waals surface area contributed by atoms with E-state index in [4.69, 9.17) is 9.47 Å². The lowest BCUT2D eigenvalue weighted by atomic mass is 10.0. The number of amides is 2. The number of nitrogens with zero attached hydrogens (tertiary/aromatic N) is 1. The lowest BCUT2D eigenvalue weighted by Gasteiger charge is -2.26. The van der Waals surface area contributed by atoms with E-state index in [9.17, 15) is 9.59 Å². The first kappa shape index (κ1) is 22.9. The topological polar surface area (TPSA) is 67.9 Å². The fourth-order valence-electron chi connectivity index (χ4n) is 3.56. The van der Waals surface area contributed by atoms with Crippen LogP contribution in [0.2, 0.25) is 0 Å². The number of carbonyl (C=O) groups excluding carboxylic acids is 2. The summed E-state index contributed by atoms with van der Waals surface area (Å²) in [6.45, 7) is 0.311. The second-order valence-electron chi connectivity index (χ2n) is 7.43.